The van der Waals surface area contributed by atoms with Gasteiger partial charge in [-0.05, 0) is 17.7 Å². The van der Waals surface area contributed by atoms with Crippen LogP contribution in [-0.4, -0.2) is 22.8 Å². The van der Waals surface area contributed by atoms with Crippen LogP contribution >= 0.6 is 0 Å². The second kappa shape index (κ2) is 5.39. The molecule has 0 spiro atoms. The van der Waals surface area contributed by atoms with E-state index in [9.17, 15) is 27.6 Å². The normalized spacial score (nSPS) is 14.7. The number of benzene rings is 1. The van der Waals surface area contributed by atoms with Gasteiger partial charge in [-0.2, -0.15) is 13.2 Å². The van der Waals surface area contributed by atoms with Crippen LogP contribution in [0.4, 0.5) is 13.2 Å². The van der Waals surface area contributed by atoms with E-state index in [1.807, 2.05) is 0 Å². The maximum Gasteiger partial charge on any atom is 0.416 e. The van der Waals surface area contributed by atoms with E-state index >= 15 is 0 Å². The van der Waals surface area contributed by atoms with Crippen molar-refractivity contribution >= 4 is 17.8 Å². The molecule has 8 heteroatoms. The summed E-state index contributed by atoms with van der Waals surface area (Å²) in [4.78, 5) is 38.4. The van der Waals surface area contributed by atoms with Gasteiger partial charge in [-0.25, -0.2) is 4.79 Å². The highest BCUT2D eigenvalue weighted by Crippen LogP contribution is 2.29. The summed E-state index contributed by atoms with van der Waals surface area (Å²) >= 11 is 0. The molecule has 1 aromatic rings. The van der Waals surface area contributed by atoms with Gasteiger partial charge in [-0.3, -0.25) is 9.59 Å². The lowest BCUT2D eigenvalue weighted by Gasteiger charge is -2.12. The minimum atomic E-state index is -4.46. The van der Waals surface area contributed by atoms with Crippen molar-refractivity contribution in [3.8, 4) is 0 Å². The van der Waals surface area contributed by atoms with E-state index in [4.69, 9.17) is 0 Å². The Bertz CT molecular complexity index is 601. The summed E-state index contributed by atoms with van der Waals surface area (Å²) in [5, 5.41) is 0.284. The Morgan fingerprint density at radius 3 is 2.05 bits per heavy atom. The molecule has 0 unspecified atom stereocenters. The Hall–Kier alpha value is -2.64. The quantitative estimate of drug-likeness (QED) is 0.796. The number of carbonyl (C=O) groups excluding carboxylic acids is 3. The second-order valence-electron chi connectivity index (χ2n) is 4.14. The molecule has 0 N–H and O–H groups in total. The maximum absolute atomic E-state index is 12.4. The van der Waals surface area contributed by atoms with E-state index in [1.54, 1.807) is 0 Å². The van der Waals surface area contributed by atoms with Crippen LogP contribution in [0.15, 0.2) is 36.4 Å². The molecule has 21 heavy (non-hydrogen) atoms. The zero-order valence-electron chi connectivity index (χ0n) is 10.4. The molecular weight excluding hydrogens is 291 g/mol. The van der Waals surface area contributed by atoms with Crippen LogP contribution in [0.2, 0.25) is 0 Å². The number of hydrogen-bond acceptors (Lipinski definition) is 4. The summed E-state index contributed by atoms with van der Waals surface area (Å²) in [5.41, 5.74) is -0.575. The molecular formula is C13H8F3NO4. The fraction of sp³-hybridized carbons (Fsp3) is 0.154. The number of nitrogens with zero attached hydrogens (tertiary/aromatic N) is 1. The third-order valence-corrected chi connectivity index (χ3v) is 2.59. The van der Waals surface area contributed by atoms with Crippen molar-refractivity contribution in [2.75, 3.05) is 0 Å². The predicted octanol–water partition coefficient (Wildman–Crippen LogP) is 1.63. The van der Waals surface area contributed by atoms with E-state index in [-0.39, 0.29) is 17.0 Å². The van der Waals surface area contributed by atoms with Crippen LogP contribution in [0, 0.1) is 0 Å². The molecule has 1 aliphatic rings. The van der Waals surface area contributed by atoms with Crippen LogP contribution in [0.5, 0.6) is 0 Å². The molecule has 0 aromatic heterocycles. The first-order valence-corrected chi connectivity index (χ1v) is 5.70. The predicted molar refractivity (Wildman–Crippen MR) is 62.2 cm³/mol. The zero-order valence-corrected chi connectivity index (χ0v) is 10.4. The van der Waals surface area contributed by atoms with Gasteiger partial charge in [0, 0.05) is 12.2 Å². The number of alkyl halides is 3. The number of hydrogen-bond donors (Lipinski definition) is 0. The number of hydroxylamine groups is 2. The molecule has 0 saturated heterocycles. The van der Waals surface area contributed by atoms with E-state index in [0.29, 0.717) is 0 Å². The van der Waals surface area contributed by atoms with Crippen LogP contribution < -0.4 is 0 Å². The van der Waals surface area contributed by atoms with Crippen molar-refractivity contribution in [1.29, 1.82) is 0 Å². The Labute approximate surface area is 116 Å². The molecule has 0 radical (unpaired) electrons. The van der Waals surface area contributed by atoms with Gasteiger partial charge < -0.3 is 4.84 Å². The van der Waals surface area contributed by atoms with Crippen LogP contribution in [-0.2, 0) is 31.8 Å². The molecule has 2 amide bonds. The Balaban J connectivity index is 1.97. The van der Waals surface area contributed by atoms with Crippen molar-refractivity contribution in [3.05, 3.63) is 47.5 Å². The lowest BCUT2D eigenvalue weighted by molar-refractivity contribution is -0.195. The SMILES string of the molecule is O=C(Cc1ccc(C(F)(F)F)cc1)ON1C(=O)C=CC1=O. The van der Waals surface area contributed by atoms with Crippen molar-refractivity contribution in [2.45, 2.75) is 12.6 Å². The smallest absolute Gasteiger partial charge is 0.329 e. The summed E-state index contributed by atoms with van der Waals surface area (Å²) in [5.74, 6) is -2.51. The summed E-state index contributed by atoms with van der Waals surface area (Å²) in [6, 6.07) is 3.90. The van der Waals surface area contributed by atoms with Gasteiger partial charge in [-0.15, -0.1) is 0 Å². The lowest BCUT2D eigenvalue weighted by Crippen LogP contribution is -2.33. The fourth-order valence-corrected chi connectivity index (χ4v) is 1.59. The van der Waals surface area contributed by atoms with Crippen LogP contribution in [0.25, 0.3) is 0 Å². The number of amides is 2. The molecule has 1 heterocycles. The van der Waals surface area contributed by atoms with Gasteiger partial charge in [0.15, 0.2) is 0 Å². The number of rotatable bonds is 3. The minimum absolute atomic E-state index is 0.264. The highest BCUT2D eigenvalue weighted by atomic mass is 19.4. The van der Waals surface area contributed by atoms with E-state index in [2.05, 4.69) is 4.84 Å². The molecule has 0 atom stereocenters. The lowest BCUT2D eigenvalue weighted by atomic mass is 10.1. The summed E-state index contributed by atoms with van der Waals surface area (Å²) < 4.78 is 37.1. The first kappa shape index (κ1) is 14.8. The standard InChI is InChI=1S/C13H8F3NO4/c14-13(15,16)9-3-1-8(2-4-9)7-12(20)21-17-10(18)5-6-11(17)19/h1-6H,7H2. The number of imide groups is 1. The number of halogens is 3. The summed E-state index contributed by atoms with van der Waals surface area (Å²) in [6.07, 6.45) is -2.95. The third-order valence-electron chi connectivity index (χ3n) is 2.59. The van der Waals surface area contributed by atoms with Gasteiger partial charge in [0.2, 0.25) is 0 Å². The monoisotopic (exact) mass is 299 g/mol. The summed E-state index contributed by atoms with van der Waals surface area (Å²) in [6.45, 7) is 0. The molecule has 1 aliphatic heterocycles. The highest BCUT2D eigenvalue weighted by Gasteiger charge is 2.30. The van der Waals surface area contributed by atoms with Gasteiger partial charge in [-0.1, -0.05) is 17.2 Å². The molecule has 0 saturated carbocycles. The summed E-state index contributed by atoms with van der Waals surface area (Å²) in [7, 11) is 0. The van der Waals surface area contributed by atoms with Gasteiger partial charge in [0.05, 0.1) is 12.0 Å². The third kappa shape index (κ3) is 3.47. The van der Waals surface area contributed by atoms with Crippen molar-refractivity contribution in [3.63, 3.8) is 0 Å². The van der Waals surface area contributed by atoms with Crippen molar-refractivity contribution in [1.82, 2.24) is 5.06 Å². The molecule has 2 rings (SSSR count). The number of carbonyl (C=O) groups is 3. The minimum Gasteiger partial charge on any atom is -0.329 e. The first-order valence-electron chi connectivity index (χ1n) is 5.70. The molecule has 0 bridgehead atoms. The largest absolute Gasteiger partial charge is 0.416 e. The fourth-order valence-electron chi connectivity index (χ4n) is 1.59. The van der Waals surface area contributed by atoms with E-state index in [0.717, 1.165) is 36.4 Å². The van der Waals surface area contributed by atoms with E-state index < -0.39 is 29.5 Å². The molecule has 1 aromatic carbocycles. The Kier molecular flexibility index (Phi) is 3.79. The second-order valence-corrected chi connectivity index (χ2v) is 4.14. The first-order chi connectivity index (χ1) is 9.77. The zero-order chi connectivity index (χ0) is 15.6. The van der Waals surface area contributed by atoms with E-state index in [1.165, 1.54) is 0 Å². The molecule has 0 fully saturated rings. The Morgan fingerprint density at radius 2 is 1.57 bits per heavy atom. The average Bonchev–Trinajstić information content (AvgIpc) is 2.70. The van der Waals surface area contributed by atoms with Crippen molar-refractivity contribution in [2.24, 2.45) is 0 Å². The maximum atomic E-state index is 12.4. The van der Waals surface area contributed by atoms with Crippen LogP contribution in [0.3, 0.4) is 0 Å². The average molecular weight is 299 g/mol. The molecule has 110 valence electrons. The molecule has 5 nitrogen and oxygen atoms in total. The van der Waals surface area contributed by atoms with Gasteiger partial charge >= 0.3 is 12.1 Å². The van der Waals surface area contributed by atoms with Gasteiger partial charge in [0.1, 0.15) is 0 Å². The van der Waals surface area contributed by atoms with Gasteiger partial charge in [0.25, 0.3) is 11.8 Å². The Morgan fingerprint density at radius 1 is 1.05 bits per heavy atom. The van der Waals surface area contributed by atoms with Crippen molar-refractivity contribution < 1.29 is 32.4 Å². The molecule has 0 aliphatic carbocycles. The highest BCUT2D eigenvalue weighted by molar-refractivity contribution is 6.12. The topological polar surface area (TPSA) is 63.7 Å². The van der Waals surface area contributed by atoms with Crippen LogP contribution in [0.1, 0.15) is 11.1 Å².